The fraction of sp³-hybridized carbons (Fsp3) is 0.364. The number of anilines is 1. The van der Waals surface area contributed by atoms with Gasteiger partial charge in [-0.1, -0.05) is 0 Å². The molecule has 34 heavy (non-hydrogen) atoms. The summed E-state index contributed by atoms with van der Waals surface area (Å²) in [5, 5.41) is 46.8. The number of rotatable bonds is 3. The van der Waals surface area contributed by atoms with Crippen molar-refractivity contribution in [3.8, 4) is 5.75 Å². The highest BCUT2D eigenvalue weighted by atomic mass is 32.1. The molecule has 1 amide bonds. The van der Waals surface area contributed by atoms with Crippen LogP contribution in [-0.2, 0) is 20.8 Å². The van der Waals surface area contributed by atoms with Crippen molar-refractivity contribution in [2.75, 3.05) is 19.4 Å². The van der Waals surface area contributed by atoms with Crippen LogP contribution in [0.25, 0.3) is 5.76 Å². The van der Waals surface area contributed by atoms with Gasteiger partial charge in [0.1, 0.15) is 22.8 Å². The van der Waals surface area contributed by atoms with Gasteiger partial charge in [0, 0.05) is 35.6 Å². The molecule has 1 aromatic carbocycles. The van der Waals surface area contributed by atoms with Crippen LogP contribution in [0, 0.1) is 11.8 Å². The summed E-state index contributed by atoms with van der Waals surface area (Å²) in [7, 11) is 3.33. The molecule has 3 aliphatic rings. The number of primary amides is 1. The topological polar surface area (TPSA) is 199 Å². The van der Waals surface area contributed by atoms with Crippen molar-refractivity contribution in [2.24, 2.45) is 23.3 Å². The number of ketones is 2. The third-order valence-electron chi connectivity index (χ3n) is 6.91. The molecular formula is C22H24N4O7S. The van der Waals surface area contributed by atoms with E-state index >= 15 is 0 Å². The number of phenolic OH excluding ortho intramolecular Hbond substituents is 1. The van der Waals surface area contributed by atoms with Gasteiger partial charge in [-0.3, -0.25) is 14.4 Å². The summed E-state index contributed by atoms with van der Waals surface area (Å²) in [4.78, 5) is 39.8. The number of fused-ring (bicyclic) bond motifs is 3. The second-order valence-electron chi connectivity index (χ2n) is 8.92. The molecule has 2 unspecified atom stereocenters. The number of nitrogens with zero attached hydrogens (tertiary/aromatic N) is 1. The van der Waals surface area contributed by atoms with Crippen LogP contribution in [0.4, 0.5) is 5.69 Å². The molecule has 0 heterocycles. The highest BCUT2D eigenvalue weighted by Crippen LogP contribution is 2.53. The molecule has 180 valence electrons. The van der Waals surface area contributed by atoms with Crippen LogP contribution in [0.1, 0.15) is 17.5 Å². The maximum atomic E-state index is 13.7. The maximum absolute atomic E-state index is 13.7. The molecule has 11 nitrogen and oxygen atoms in total. The standard InChI is InChI=1S/C22H24N4O7S/c1-26(2)16-8-5-7-10(25-21(24)34)3-4-11(27)13(7)17(29)14(8)18(30)22(33)9(16)6-12(28)15(19(22)31)20(23)32/h3-4,8-9,16,27,29,31,33H,5-6H2,1-2H3,(H2,23,32)(H3,24,25,34)/t8?,9?,16-,22-/m0/s1. The summed E-state index contributed by atoms with van der Waals surface area (Å²) in [6.07, 6.45) is -0.320. The van der Waals surface area contributed by atoms with E-state index in [1.54, 1.807) is 19.0 Å². The molecule has 0 spiro atoms. The molecule has 9 N–H and O–H groups in total. The predicted molar refractivity (Wildman–Crippen MR) is 125 cm³/mol. The number of Topliss-reactive ketones (excluding diaryl/α,β-unsaturated/α-hetero) is 2. The number of nitrogens with two attached hydrogens (primary N) is 2. The number of hydrogen-bond donors (Lipinski definition) is 7. The lowest BCUT2D eigenvalue weighted by Crippen LogP contribution is -2.66. The van der Waals surface area contributed by atoms with Crippen LogP contribution in [0.5, 0.6) is 5.75 Å². The van der Waals surface area contributed by atoms with Crippen molar-refractivity contribution in [3.05, 3.63) is 40.2 Å². The molecule has 0 aromatic heterocycles. The Balaban J connectivity index is 2.02. The number of carbonyl (C=O) groups is 3. The lowest BCUT2D eigenvalue weighted by atomic mass is 9.56. The van der Waals surface area contributed by atoms with Crippen LogP contribution in [0.2, 0.25) is 0 Å². The van der Waals surface area contributed by atoms with Gasteiger partial charge < -0.3 is 42.1 Å². The molecule has 12 heteroatoms. The molecule has 1 fully saturated rings. The van der Waals surface area contributed by atoms with Crippen molar-refractivity contribution in [3.63, 3.8) is 0 Å². The monoisotopic (exact) mass is 488 g/mol. The van der Waals surface area contributed by atoms with E-state index in [2.05, 4.69) is 5.32 Å². The Morgan fingerprint density at radius 2 is 1.82 bits per heavy atom. The Kier molecular flexibility index (Phi) is 5.42. The smallest absolute Gasteiger partial charge is 0.255 e. The molecule has 3 aliphatic carbocycles. The van der Waals surface area contributed by atoms with Crippen LogP contribution in [0.3, 0.4) is 0 Å². The van der Waals surface area contributed by atoms with Gasteiger partial charge >= 0.3 is 0 Å². The van der Waals surface area contributed by atoms with E-state index in [4.69, 9.17) is 23.7 Å². The first-order chi connectivity index (χ1) is 15.8. The van der Waals surface area contributed by atoms with Crippen LogP contribution < -0.4 is 16.8 Å². The Hall–Kier alpha value is -3.48. The van der Waals surface area contributed by atoms with Gasteiger partial charge in [0.25, 0.3) is 5.91 Å². The van der Waals surface area contributed by atoms with Crippen molar-refractivity contribution in [1.82, 2.24) is 4.90 Å². The summed E-state index contributed by atoms with van der Waals surface area (Å²) in [6, 6.07) is 2.07. The molecule has 0 saturated heterocycles. The molecule has 1 saturated carbocycles. The first kappa shape index (κ1) is 23.7. The number of benzene rings is 1. The van der Waals surface area contributed by atoms with E-state index in [9.17, 15) is 34.8 Å². The highest BCUT2D eigenvalue weighted by molar-refractivity contribution is 7.80. The Bertz CT molecular complexity index is 1240. The minimum atomic E-state index is -2.67. The zero-order chi connectivity index (χ0) is 25.3. The molecule has 0 radical (unpaired) electrons. The number of nitrogens with one attached hydrogen (secondary N) is 1. The first-order valence-corrected chi connectivity index (χ1v) is 10.8. The number of aliphatic hydroxyl groups is 3. The zero-order valence-electron chi connectivity index (χ0n) is 18.3. The summed E-state index contributed by atoms with van der Waals surface area (Å²) < 4.78 is 0. The van der Waals surface area contributed by atoms with Gasteiger partial charge in [-0.25, -0.2) is 0 Å². The Morgan fingerprint density at radius 1 is 1.18 bits per heavy atom. The summed E-state index contributed by atoms with van der Waals surface area (Å²) in [5.41, 5.74) is 7.89. The largest absolute Gasteiger partial charge is 0.508 e. The van der Waals surface area contributed by atoms with Gasteiger partial charge in [0.15, 0.2) is 16.5 Å². The zero-order valence-corrected chi connectivity index (χ0v) is 19.1. The molecular weight excluding hydrogens is 464 g/mol. The molecule has 4 atom stereocenters. The average molecular weight is 489 g/mol. The van der Waals surface area contributed by atoms with E-state index in [-0.39, 0.29) is 28.4 Å². The number of aromatic hydroxyl groups is 1. The second-order valence-corrected chi connectivity index (χ2v) is 9.36. The van der Waals surface area contributed by atoms with Crippen LogP contribution >= 0.6 is 12.2 Å². The second kappa shape index (κ2) is 7.79. The molecule has 0 bridgehead atoms. The molecule has 1 aromatic rings. The quantitative estimate of drug-likeness (QED) is 0.166. The van der Waals surface area contributed by atoms with E-state index in [0.29, 0.717) is 11.3 Å². The predicted octanol–water partition coefficient (Wildman–Crippen LogP) is -0.380. The number of hydrogen-bond acceptors (Lipinski definition) is 9. The fourth-order valence-electron chi connectivity index (χ4n) is 5.61. The number of carbonyl (C=O) groups excluding carboxylic acids is 3. The third-order valence-corrected chi connectivity index (χ3v) is 7.01. The minimum absolute atomic E-state index is 0.0488. The number of aliphatic hydroxyl groups excluding tert-OH is 2. The summed E-state index contributed by atoms with van der Waals surface area (Å²) in [6.45, 7) is 0. The van der Waals surface area contributed by atoms with Crippen molar-refractivity contribution in [1.29, 1.82) is 0 Å². The van der Waals surface area contributed by atoms with E-state index in [0.717, 1.165) is 0 Å². The average Bonchev–Trinajstić information content (AvgIpc) is 2.72. The first-order valence-electron chi connectivity index (χ1n) is 10.4. The SMILES string of the molecule is CN(C)[C@H]1C2Cc3c(NC(N)=S)ccc(O)c3C(O)=C2C(=O)[C@]2(O)C(O)=C(C(N)=O)C(=O)CC12. The number of phenols is 1. The van der Waals surface area contributed by atoms with Gasteiger partial charge in [-0.05, 0) is 50.4 Å². The van der Waals surface area contributed by atoms with Crippen molar-refractivity contribution < 1.29 is 34.8 Å². The van der Waals surface area contributed by atoms with Gasteiger partial charge in [0.2, 0.25) is 5.78 Å². The normalized spacial score (nSPS) is 28.4. The number of thiocarbonyl (C=S) groups is 1. The van der Waals surface area contributed by atoms with Gasteiger partial charge in [0.05, 0.1) is 5.56 Å². The van der Waals surface area contributed by atoms with Crippen molar-refractivity contribution >= 4 is 46.3 Å². The van der Waals surface area contributed by atoms with Gasteiger partial charge in [-0.15, -0.1) is 0 Å². The third kappa shape index (κ3) is 3.10. The van der Waals surface area contributed by atoms with Crippen molar-refractivity contribution in [2.45, 2.75) is 24.5 Å². The Morgan fingerprint density at radius 3 is 2.38 bits per heavy atom. The van der Waals surface area contributed by atoms with Crippen LogP contribution in [-0.4, -0.2) is 73.7 Å². The fourth-order valence-corrected chi connectivity index (χ4v) is 5.72. The van der Waals surface area contributed by atoms with E-state index < -0.39 is 64.5 Å². The Labute approximate surface area is 199 Å². The lowest BCUT2D eigenvalue weighted by Gasteiger charge is -2.52. The molecule has 4 rings (SSSR count). The summed E-state index contributed by atoms with van der Waals surface area (Å²) >= 11 is 4.92. The minimum Gasteiger partial charge on any atom is -0.508 e. The number of amides is 1. The van der Waals surface area contributed by atoms with Gasteiger partial charge in [-0.2, -0.15) is 0 Å². The molecule has 0 aliphatic heterocycles. The highest BCUT2D eigenvalue weighted by Gasteiger charge is 2.64. The summed E-state index contributed by atoms with van der Waals surface area (Å²) in [5.74, 6) is -7.07. The van der Waals surface area contributed by atoms with Crippen LogP contribution in [0.15, 0.2) is 29.0 Å². The van der Waals surface area contributed by atoms with E-state index in [1.807, 2.05) is 0 Å². The van der Waals surface area contributed by atoms with E-state index in [1.165, 1.54) is 12.1 Å². The lowest BCUT2D eigenvalue weighted by molar-refractivity contribution is -0.153. The maximum Gasteiger partial charge on any atom is 0.255 e.